The average Bonchev–Trinajstić information content (AvgIpc) is 1.71. The van der Waals surface area contributed by atoms with Crippen molar-refractivity contribution >= 4 is 146 Å². The quantitative estimate of drug-likeness (QED) is 0.00818. The summed E-state index contributed by atoms with van der Waals surface area (Å²) in [5.74, 6) is -29.8. The van der Waals surface area contributed by atoms with Gasteiger partial charge in [-0.3, -0.25) is 91.1 Å². The minimum atomic E-state index is -2.47. The lowest BCUT2D eigenvalue weighted by Gasteiger charge is -2.30. The second-order valence-corrected chi connectivity index (χ2v) is 28.9. The van der Waals surface area contributed by atoms with Crippen molar-refractivity contribution in [3.63, 3.8) is 0 Å². The Kier molecular flexibility index (Phi) is 37.2. The van der Waals surface area contributed by atoms with E-state index in [-0.39, 0.29) is 24.1 Å². The highest BCUT2D eigenvalue weighted by Gasteiger charge is 2.41. The maximum Gasteiger partial charge on any atom is 0.329 e. The number of aliphatic hydroxyl groups is 1. The molecule has 43 heteroatoms. The predicted molar refractivity (Wildman–Crippen MR) is 424 cm³/mol. The van der Waals surface area contributed by atoms with Crippen LogP contribution in [0.15, 0.2) is 85.2 Å². The summed E-state index contributed by atoms with van der Waals surface area (Å²) in [5, 5.41) is 80.0. The number of cyclic esters (lactones) is 1. The third kappa shape index (κ3) is 30.5. The summed E-state index contributed by atoms with van der Waals surface area (Å²) in [7, 11) is 0. The average molecular weight is 1690 g/mol. The van der Waals surface area contributed by atoms with Crippen LogP contribution >= 0.6 is 0 Å². The molecule has 5 aromatic rings. The van der Waals surface area contributed by atoms with E-state index in [0.717, 1.165) is 52.9 Å². The number of carbonyl (C=O) groups is 20. The number of primary amides is 1. The van der Waals surface area contributed by atoms with Crippen molar-refractivity contribution in [2.75, 3.05) is 25.4 Å². The van der Waals surface area contributed by atoms with Gasteiger partial charge in [0.05, 0.1) is 51.8 Å². The van der Waals surface area contributed by atoms with Gasteiger partial charge in [-0.15, -0.1) is 0 Å². The first kappa shape index (κ1) is 95.9. The molecule has 0 radical (unpaired) electrons. The third-order valence-electron chi connectivity index (χ3n) is 19.3. The number of hydrogen-bond donors (Lipinski definition) is 22. The zero-order valence-electron chi connectivity index (χ0n) is 66.5. The molecule has 1 aliphatic heterocycles. The van der Waals surface area contributed by atoms with Gasteiger partial charge in [-0.1, -0.05) is 101 Å². The van der Waals surface area contributed by atoms with Crippen molar-refractivity contribution in [2.24, 2.45) is 11.7 Å². The molecule has 0 saturated carbocycles. The number of benzene rings is 3. The number of anilines is 1. The Morgan fingerprint density at radius 3 is 1.60 bits per heavy atom. The summed E-state index contributed by atoms with van der Waals surface area (Å²) < 4.78 is 5.74. The molecule has 14 amide bonds. The Hall–Kier alpha value is -13.9. The fourth-order valence-corrected chi connectivity index (χ4v) is 12.9. The topological polar surface area (TPSA) is 692 Å². The van der Waals surface area contributed by atoms with E-state index < -0.39 is 261 Å². The van der Waals surface area contributed by atoms with E-state index in [1.54, 1.807) is 54.7 Å². The lowest BCUT2D eigenvalue weighted by molar-refractivity contribution is -0.156. The highest BCUT2D eigenvalue weighted by Crippen LogP contribution is 2.23. The number of amides is 14. The Labute approximate surface area is 690 Å². The number of unbranched alkanes of at least 4 members (excludes halogenated alkanes) is 6. The number of aliphatic hydroxyl groups excluding tert-OH is 1. The molecule has 1 saturated heterocycles. The number of Topliss-reactive ketones (excluding diaryl/α,β-unsaturated/α-hetero) is 1. The Morgan fingerprint density at radius 2 is 1.01 bits per heavy atom. The van der Waals surface area contributed by atoms with Crippen LogP contribution in [0.1, 0.15) is 139 Å². The monoisotopic (exact) mass is 1690 g/mol. The molecule has 24 N–H and O–H groups in total. The van der Waals surface area contributed by atoms with E-state index in [0.29, 0.717) is 45.8 Å². The predicted octanol–water partition coefficient (Wildman–Crippen LogP) is -3.64. The molecule has 3 aromatic carbocycles. The summed E-state index contributed by atoms with van der Waals surface area (Å²) >= 11 is 0. The molecular weight excluding hydrogens is 1590 g/mol. The number of aliphatic carboxylic acids is 4. The summed E-state index contributed by atoms with van der Waals surface area (Å²) in [4.78, 5) is 282. The van der Waals surface area contributed by atoms with E-state index in [1.165, 1.54) is 30.5 Å². The van der Waals surface area contributed by atoms with E-state index in [9.17, 15) is 121 Å². The standard InChI is InChI=1S/C78H101N17O26/c1-5-6-7-8-9-10-11-24-59(99)86-49(26-41-33-81-47-22-16-13-18-43(41)47)71(113)90-51(29-58(80)98)73(115)92-54(32-65(108)109)74(116)95-67-40(4)121-78(120)55(28-57(97)45-20-12-15-21-46(45)79)93-77(119)66(38(2)25-62(102)103)94-75(117)56(37-96)88-61(101)35-83-69(111)52(30-63(104)105)89-68(110)39(3)85-70(112)53(31-64(106)107)91-72(114)50(87-60(100)36-84-76(67)118)27-42-34-82-48-23-17-14-19-44(42)48/h12-23,33-34,38-40,49-56,66-67,81-82,96H,5-11,24-32,35-37,79H2,1-4H3,(H2,80,98)(H,83,111)(H,84,118)(H,85,112)(H,86,99)(H,87,100)(H,88,101)(H,89,110)(H,90,113)(H,91,114)(H,92,115)(H,93,119)(H,94,117)(H,95,116)(H,102,103)(H,104,105)(H,106,107)(H,108,109)/t38-,39+,40+,49-,50-,51-,52-,53-,54-,55-,56+,66-,67-/m0/s1. The van der Waals surface area contributed by atoms with Gasteiger partial charge in [0, 0.05) is 71.1 Å². The maximum atomic E-state index is 15.0. The minimum absolute atomic E-state index is 0.0213. The van der Waals surface area contributed by atoms with Crippen LogP contribution in [0.3, 0.4) is 0 Å². The largest absolute Gasteiger partial charge is 0.481 e. The molecular formula is C78H101N17O26. The molecule has 121 heavy (non-hydrogen) atoms. The highest BCUT2D eigenvalue weighted by molar-refractivity contribution is 6.05. The van der Waals surface area contributed by atoms with Crippen LogP contribution in [0.25, 0.3) is 21.8 Å². The first-order chi connectivity index (χ1) is 57.4. The van der Waals surface area contributed by atoms with Crippen LogP contribution in [-0.2, 0) is 109 Å². The molecule has 0 aliphatic carbocycles. The number of nitrogen functional groups attached to an aromatic ring is 1. The number of esters is 1. The van der Waals surface area contributed by atoms with Crippen LogP contribution in [0.2, 0.25) is 0 Å². The van der Waals surface area contributed by atoms with Gasteiger partial charge in [0.2, 0.25) is 82.7 Å². The smallest absolute Gasteiger partial charge is 0.329 e. The van der Waals surface area contributed by atoms with Crippen molar-refractivity contribution < 1.29 is 126 Å². The summed E-state index contributed by atoms with van der Waals surface area (Å²) in [5.41, 5.74) is 13.2. The summed E-state index contributed by atoms with van der Waals surface area (Å²) in [6.07, 6.45) is -1.01. The number of aromatic amines is 2. The van der Waals surface area contributed by atoms with Gasteiger partial charge in [0.25, 0.3) is 0 Å². The maximum absolute atomic E-state index is 15.0. The number of nitrogens with two attached hydrogens (primary N) is 2. The fraction of sp³-hybridized carbons (Fsp3) is 0.462. The number of para-hydroxylation sites is 3. The third-order valence-corrected chi connectivity index (χ3v) is 19.3. The lowest BCUT2D eigenvalue weighted by Crippen LogP contribution is -2.62. The second-order valence-electron chi connectivity index (χ2n) is 28.9. The highest BCUT2D eigenvalue weighted by atomic mass is 16.5. The molecule has 6 rings (SSSR count). The van der Waals surface area contributed by atoms with Gasteiger partial charge in [-0.25, -0.2) is 4.79 Å². The van der Waals surface area contributed by atoms with Gasteiger partial charge < -0.3 is 121 Å². The van der Waals surface area contributed by atoms with Gasteiger partial charge in [0.15, 0.2) is 5.78 Å². The molecule has 2 aromatic heterocycles. The molecule has 1 fully saturated rings. The van der Waals surface area contributed by atoms with Crippen molar-refractivity contribution in [3.05, 3.63) is 102 Å². The van der Waals surface area contributed by atoms with Crippen LogP contribution < -0.4 is 80.6 Å². The molecule has 3 heterocycles. The van der Waals surface area contributed by atoms with Crippen LogP contribution in [0.4, 0.5) is 5.69 Å². The second kappa shape index (κ2) is 46.9. The van der Waals surface area contributed by atoms with Crippen LogP contribution in [0, 0.1) is 5.92 Å². The summed E-state index contributed by atoms with van der Waals surface area (Å²) in [6.45, 7) is 1.28. The molecule has 43 nitrogen and oxygen atoms in total. The van der Waals surface area contributed by atoms with E-state index in [2.05, 4.69) is 75.4 Å². The van der Waals surface area contributed by atoms with Crippen molar-refractivity contribution in [3.8, 4) is 0 Å². The number of rotatable bonds is 34. The van der Waals surface area contributed by atoms with Crippen LogP contribution in [-0.4, -0.2) is 246 Å². The number of ether oxygens (including phenoxy) is 1. The Bertz CT molecular complexity index is 4660. The number of aromatic nitrogens is 2. The molecule has 654 valence electrons. The van der Waals surface area contributed by atoms with Gasteiger partial charge in [-0.05, 0) is 61.6 Å². The fourth-order valence-electron chi connectivity index (χ4n) is 12.9. The molecule has 1 aliphatic rings. The van der Waals surface area contributed by atoms with Crippen LogP contribution in [0.5, 0.6) is 0 Å². The zero-order valence-corrected chi connectivity index (χ0v) is 66.5. The zero-order chi connectivity index (χ0) is 89.3. The number of hydrogen-bond acceptors (Lipinski definition) is 23. The molecule has 0 spiro atoms. The molecule has 13 atom stereocenters. The van der Waals surface area contributed by atoms with E-state index in [4.69, 9.17) is 16.2 Å². The molecule has 0 bridgehead atoms. The van der Waals surface area contributed by atoms with Crippen molar-refractivity contribution in [1.82, 2.24) is 79.1 Å². The van der Waals surface area contributed by atoms with E-state index >= 15 is 0 Å². The number of ketones is 1. The van der Waals surface area contributed by atoms with Gasteiger partial charge in [0.1, 0.15) is 72.6 Å². The van der Waals surface area contributed by atoms with Gasteiger partial charge in [-0.2, -0.15) is 0 Å². The first-order valence-electron chi connectivity index (χ1n) is 38.7. The number of carbonyl (C=O) groups excluding carboxylic acids is 16. The van der Waals surface area contributed by atoms with Gasteiger partial charge >= 0.3 is 29.8 Å². The van der Waals surface area contributed by atoms with Crippen molar-refractivity contribution in [1.29, 1.82) is 0 Å². The number of fused-ring (bicyclic) bond motifs is 2. The van der Waals surface area contributed by atoms with E-state index in [1.807, 2.05) is 10.6 Å². The number of carboxylic acid groups (broad SMARTS) is 4. The first-order valence-corrected chi connectivity index (χ1v) is 38.7. The number of nitrogens with one attached hydrogen (secondary N) is 15. The number of carboxylic acids is 4. The molecule has 0 unspecified atom stereocenters. The number of H-pyrrole nitrogens is 2. The van der Waals surface area contributed by atoms with Crippen molar-refractivity contribution in [2.45, 2.75) is 203 Å². The summed E-state index contributed by atoms with van der Waals surface area (Å²) in [6, 6.07) is -4.28. The SMILES string of the molecule is CCCCCCCCCC(=O)N[C@@H](Cc1c[nH]c2ccccc12)C(=O)N[C@@H](CC(N)=O)C(=O)N[C@@H](CC(=O)O)C(=O)N[C@@H]1C(=O)NCC(=O)N[C@@H](Cc2c[nH]c3ccccc23)C(=O)N[C@@H](CC(=O)O)C(=O)N[C@H](C)C(=O)N[C@@H](CC(=O)O)C(=O)NCC(=O)N[C@H](CO)C(=O)N[C@@H]([C@@H](C)CC(=O)O)C(=O)N[C@@H](CC(=O)c2ccccc2N)C(=O)O[C@@H]1C. The Morgan fingerprint density at radius 1 is 0.504 bits per heavy atom. The normalized spacial score (nSPS) is 20.8. The Balaban J connectivity index is 1.44. The minimum Gasteiger partial charge on any atom is -0.481 e. The lowest BCUT2D eigenvalue weighted by atomic mass is 9.96.